The van der Waals surface area contributed by atoms with Crippen molar-refractivity contribution in [3.05, 3.63) is 0 Å². The molecule has 1 amide bonds. The summed E-state index contributed by atoms with van der Waals surface area (Å²) in [4.78, 5) is 22.9. The lowest BCUT2D eigenvalue weighted by molar-refractivity contribution is -0.120. The van der Waals surface area contributed by atoms with E-state index in [1.54, 1.807) is 0 Å². The van der Waals surface area contributed by atoms with Gasteiger partial charge in [0.2, 0.25) is 5.96 Å². The largest absolute Gasteiger partial charge is 0.378 e. The number of rotatable bonds is 3. The molecular formula is C14H23N3O2. The molecule has 2 aliphatic rings. The maximum Gasteiger partial charge on any atom is 0.257 e. The van der Waals surface area contributed by atoms with Crippen LogP contribution >= 0.6 is 0 Å². The van der Waals surface area contributed by atoms with Crippen molar-refractivity contribution in [3.8, 4) is 0 Å². The smallest absolute Gasteiger partial charge is 0.257 e. The van der Waals surface area contributed by atoms with E-state index >= 15 is 0 Å². The first-order valence-electron chi connectivity index (χ1n) is 7.08. The van der Waals surface area contributed by atoms with E-state index < -0.39 is 0 Å². The van der Waals surface area contributed by atoms with Crippen molar-refractivity contribution in [2.75, 3.05) is 26.3 Å². The zero-order valence-electron chi connectivity index (χ0n) is 12.1. The number of hydrogen-bond acceptors (Lipinski definition) is 4. The Kier molecular flexibility index (Phi) is 4.69. The molecule has 19 heavy (non-hydrogen) atoms. The Balaban J connectivity index is 2.02. The summed E-state index contributed by atoms with van der Waals surface area (Å²) < 4.78 is 5.30. The van der Waals surface area contributed by atoms with Crippen LogP contribution in [0.3, 0.4) is 0 Å². The van der Waals surface area contributed by atoms with Gasteiger partial charge in [-0.2, -0.15) is 4.99 Å². The van der Waals surface area contributed by atoms with Gasteiger partial charge in [-0.05, 0) is 25.7 Å². The molecule has 2 aliphatic heterocycles. The molecule has 0 aromatic rings. The first-order valence-corrected chi connectivity index (χ1v) is 7.08. The number of guanidine groups is 1. The van der Waals surface area contributed by atoms with E-state index in [0.29, 0.717) is 25.1 Å². The van der Waals surface area contributed by atoms with E-state index in [9.17, 15) is 4.79 Å². The summed E-state index contributed by atoms with van der Waals surface area (Å²) in [6, 6.07) is 0. The normalized spacial score (nSPS) is 24.5. The number of nitrogens with zero attached hydrogens (tertiary/aromatic N) is 3. The maximum absolute atomic E-state index is 12.1. The van der Waals surface area contributed by atoms with E-state index in [-0.39, 0.29) is 11.8 Å². The number of carbonyl (C=O) groups is 1. The van der Waals surface area contributed by atoms with Gasteiger partial charge in [-0.25, -0.2) is 4.99 Å². The topological polar surface area (TPSA) is 54.3 Å². The van der Waals surface area contributed by atoms with E-state index in [4.69, 9.17) is 4.74 Å². The minimum atomic E-state index is -0.118. The minimum Gasteiger partial charge on any atom is -0.378 e. The van der Waals surface area contributed by atoms with E-state index in [2.05, 4.69) is 23.8 Å². The first-order chi connectivity index (χ1) is 9.08. The van der Waals surface area contributed by atoms with Gasteiger partial charge in [-0.3, -0.25) is 4.79 Å². The summed E-state index contributed by atoms with van der Waals surface area (Å²) in [7, 11) is 0. The van der Waals surface area contributed by atoms with Gasteiger partial charge >= 0.3 is 0 Å². The van der Waals surface area contributed by atoms with Crippen molar-refractivity contribution in [2.45, 2.75) is 33.6 Å². The van der Waals surface area contributed by atoms with Crippen molar-refractivity contribution in [1.29, 1.82) is 0 Å². The molecule has 0 aliphatic carbocycles. The van der Waals surface area contributed by atoms with Crippen LogP contribution in [0.2, 0.25) is 0 Å². The predicted molar refractivity (Wildman–Crippen MR) is 75.5 cm³/mol. The Morgan fingerprint density at radius 2 is 2.00 bits per heavy atom. The molecule has 0 N–H and O–H groups in total. The average Bonchev–Trinajstić information content (AvgIpc) is 2.38. The fourth-order valence-corrected chi connectivity index (χ4v) is 2.35. The Morgan fingerprint density at radius 3 is 2.58 bits per heavy atom. The van der Waals surface area contributed by atoms with Crippen LogP contribution in [-0.4, -0.2) is 48.8 Å². The molecule has 1 fully saturated rings. The molecule has 1 saturated heterocycles. The highest BCUT2D eigenvalue weighted by atomic mass is 16.5. The standard InChI is InChI=1S/C14H23N3O2/c1-10(2)4-5-12-11(3)15-14(16-13(12)18)17-6-8-19-9-7-17/h10,12H,4-9H2,1-3H3. The molecule has 0 saturated carbocycles. The number of amides is 1. The second-order valence-corrected chi connectivity index (χ2v) is 5.63. The average molecular weight is 265 g/mol. The number of ether oxygens (including phenoxy) is 1. The molecule has 0 aromatic carbocycles. The van der Waals surface area contributed by atoms with Crippen molar-refractivity contribution < 1.29 is 9.53 Å². The van der Waals surface area contributed by atoms with Crippen LogP contribution in [0.1, 0.15) is 33.6 Å². The second-order valence-electron chi connectivity index (χ2n) is 5.63. The summed E-state index contributed by atoms with van der Waals surface area (Å²) in [5, 5.41) is 0. The fraction of sp³-hybridized carbons (Fsp3) is 0.786. The minimum absolute atomic E-state index is 0.0327. The Hall–Kier alpha value is -1.23. The van der Waals surface area contributed by atoms with Crippen molar-refractivity contribution in [1.82, 2.24) is 4.90 Å². The third kappa shape index (κ3) is 3.62. The summed E-state index contributed by atoms with van der Waals surface area (Å²) >= 11 is 0. The molecule has 5 nitrogen and oxygen atoms in total. The van der Waals surface area contributed by atoms with Crippen molar-refractivity contribution in [2.24, 2.45) is 21.8 Å². The molecule has 5 heteroatoms. The van der Waals surface area contributed by atoms with E-state index in [1.165, 1.54) is 0 Å². The number of aliphatic imine (C=N–C) groups is 2. The van der Waals surface area contributed by atoms with E-state index in [0.717, 1.165) is 31.6 Å². The number of morpholine rings is 1. The lowest BCUT2D eigenvalue weighted by atomic mass is 9.93. The quantitative estimate of drug-likeness (QED) is 0.781. The fourth-order valence-electron chi connectivity index (χ4n) is 2.35. The van der Waals surface area contributed by atoms with Crippen molar-refractivity contribution in [3.63, 3.8) is 0 Å². The summed E-state index contributed by atoms with van der Waals surface area (Å²) in [6.07, 6.45) is 1.89. The molecule has 0 bridgehead atoms. The monoisotopic (exact) mass is 265 g/mol. The van der Waals surface area contributed by atoms with Gasteiger partial charge in [0.25, 0.3) is 5.91 Å². The highest BCUT2D eigenvalue weighted by Crippen LogP contribution is 2.19. The Morgan fingerprint density at radius 1 is 1.32 bits per heavy atom. The first kappa shape index (κ1) is 14.2. The molecule has 2 heterocycles. The van der Waals surface area contributed by atoms with Gasteiger partial charge in [0, 0.05) is 18.8 Å². The van der Waals surface area contributed by atoms with Gasteiger partial charge in [0.05, 0.1) is 19.1 Å². The highest BCUT2D eigenvalue weighted by molar-refractivity contribution is 6.14. The summed E-state index contributed by atoms with van der Waals surface area (Å²) in [5.74, 6) is 1.03. The summed E-state index contributed by atoms with van der Waals surface area (Å²) in [6.45, 7) is 9.17. The molecule has 2 rings (SSSR count). The SMILES string of the molecule is CC1=NC(N2CCOCC2)=NC(=O)C1CCC(C)C. The van der Waals surface area contributed by atoms with Crippen LogP contribution in [0.25, 0.3) is 0 Å². The molecule has 1 atom stereocenters. The molecule has 106 valence electrons. The number of hydrogen-bond donors (Lipinski definition) is 0. The van der Waals surface area contributed by atoms with Gasteiger partial charge < -0.3 is 9.64 Å². The van der Waals surface area contributed by atoms with Crippen LogP contribution in [0.5, 0.6) is 0 Å². The van der Waals surface area contributed by atoms with E-state index in [1.807, 2.05) is 11.8 Å². The maximum atomic E-state index is 12.1. The summed E-state index contributed by atoms with van der Waals surface area (Å²) in [5.41, 5.74) is 0.905. The van der Waals surface area contributed by atoms with Crippen LogP contribution < -0.4 is 0 Å². The highest BCUT2D eigenvalue weighted by Gasteiger charge is 2.28. The predicted octanol–water partition coefficient (Wildman–Crippen LogP) is 1.73. The van der Waals surface area contributed by atoms with Crippen LogP contribution in [0.15, 0.2) is 9.98 Å². The van der Waals surface area contributed by atoms with Crippen LogP contribution in [0.4, 0.5) is 0 Å². The zero-order chi connectivity index (χ0) is 13.8. The second kappa shape index (κ2) is 6.28. The molecule has 0 radical (unpaired) electrons. The van der Waals surface area contributed by atoms with Gasteiger partial charge in [0.1, 0.15) is 0 Å². The Labute approximate surface area is 114 Å². The molecular weight excluding hydrogens is 242 g/mol. The molecule has 0 aromatic heterocycles. The third-order valence-corrected chi connectivity index (χ3v) is 3.62. The number of carbonyl (C=O) groups excluding carboxylic acids is 1. The molecule has 1 unspecified atom stereocenters. The van der Waals surface area contributed by atoms with Gasteiger partial charge in [-0.15, -0.1) is 0 Å². The van der Waals surface area contributed by atoms with Crippen molar-refractivity contribution >= 4 is 17.6 Å². The lowest BCUT2D eigenvalue weighted by Crippen LogP contribution is -2.43. The third-order valence-electron chi connectivity index (χ3n) is 3.62. The van der Waals surface area contributed by atoms with Gasteiger partial charge in [-0.1, -0.05) is 13.8 Å². The van der Waals surface area contributed by atoms with Crippen LogP contribution in [-0.2, 0) is 9.53 Å². The lowest BCUT2D eigenvalue weighted by Gasteiger charge is -2.30. The zero-order valence-corrected chi connectivity index (χ0v) is 12.1. The van der Waals surface area contributed by atoms with Gasteiger partial charge in [0.15, 0.2) is 0 Å². The molecule has 0 spiro atoms. The Bertz CT molecular complexity index is 395. The van der Waals surface area contributed by atoms with Crippen LogP contribution in [0, 0.1) is 11.8 Å².